The second-order valence-electron chi connectivity index (χ2n) is 17.5. The van der Waals surface area contributed by atoms with E-state index in [1.54, 1.807) is 36.4 Å². The highest BCUT2D eigenvalue weighted by Crippen LogP contribution is 2.28. The lowest BCUT2D eigenvalue weighted by atomic mass is 9.89. The summed E-state index contributed by atoms with van der Waals surface area (Å²) in [4.78, 5) is 19.6. The molecule has 61 heavy (non-hydrogen) atoms. The Bertz CT molecular complexity index is 1780. The Morgan fingerprint density at radius 3 is 1.67 bits per heavy atom. The molecule has 0 amide bonds. The van der Waals surface area contributed by atoms with Gasteiger partial charge in [-0.15, -0.1) is 0 Å². The Morgan fingerprint density at radius 1 is 0.590 bits per heavy atom. The topological polar surface area (TPSA) is 45.3 Å². The monoisotopic (exact) mass is 842 g/mol. The summed E-state index contributed by atoms with van der Waals surface area (Å²) in [6, 6.07) is 29.8. The molecular formula is C52H70F3N3O3. The predicted molar refractivity (Wildman–Crippen MR) is 242 cm³/mol. The molecule has 3 saturated heterocycles. The Morgan fingerprint density at radius 2 is 1.11 bits per heavy atom. The Balaban J connectivity index is 0.000000176. The first-order valence-corrected chi connectivity index (χ1v) is 22.9. The van der Waals surface area contributed by atoms with Gasteiger partial charge in [-0.3, -0.25) is 4.79 Å². The van der Waals surface area contributed by atoms with Crippen LogP contribution in [0.3, 0.4) is 0 Å². The van der Waals surface area contributed by atoms with Crippen LogP contribution in [-0.2, 0) is 0 Å². The first kappa shape index (κ1) is 47.9. The minimum atomic E-state index is -0.298. The van der Waals surface area contributed by atoms with Crippen molar-refractivity contribution in [2.75, 3.05) is 65.6 Å². The largest absolute Gasteiger partial charge is 0.494 e. The number of halogens is 3. The average molecular weight is 842 g/mol. The molecule has 3 atom stereocenters. The van der Waals surface area contributed by atoms with E-state index in [9.17, 15) is 18.0 Å². The van der Waals surface area contributed by atoms with E-state index in [0.29, 0.717) is 37.2 Å². The van der Waals surface area contributed by atoms with Crippen LogP contribution in [0.4, 0.5) is 13.2 Å². The van der Waals surface area contributed by atoms with Crippen molar-refractivity contribution >= 4 is 5.78 Å². The van der Waals surface area contributed by atoms with Crippen molar-refractivity contribution in [1.29, 1.82) is 0 Å². The van der Waals surface area contributed by atoms with Crippen LogP contribution in [0, 0.1) is 29.3 Å². The van der Waals surface area contributed by atoms with Gasteiger partial charge < -0.3 is 24.2 Å². The highest BCUT2D eigenvalue weighted by Gasteiger charge is 2.22. The fourth-order valence-corrected chi connectivity index (χ4v) is 8.92. The Kier molecular flexibility index (Phi) is 20.7. The third-order valence-corrected chi connectivity index (χ3v) is 12.2. The zero-order chi connectivity index (χ0) is 43.2. The van der Waals surface area contributed by atoms with Gasteiger partial charge in [-0.05, 0) is 181 Å². The Labute approximate surface area is 364 Å². The molecule has 4 aromatic carbocycles. The molecule has 7 rings (SSSR count). The third kappa shape index (κ3) is 18.0. The van der Waals surface area contributed by atoms with Gasteiger partial charge >= 0.3 is 0 Å². The number of hydrogen-bond acceptors (Lipinski definition) is 6. The maximum atomic E-state index is 12.9. The van der Waals surface area contributed by atoms with Gasteiger partial charge in [0.05, 0.1) is 13.2 Å². The van der Waals surface area contributed by atoms with Crippen LogP contribution < -0.4 is 9.47 Å². The van der Waals surface area contributed by atoms with Crippen LogP contribution >= 0.6 is 0 Å². The number of ether oxygens (including phenoxy) is 2. The van der Waals surface area contributed by atoms with Crippen LogP contribution in [-0.4, -0.2) is 92.1 Å². The normalized spacial score (nSPS) is 20.1. The molecule has 0 N–H and O–H groups in total. The number of carbonyl (C=O) groups is 1. The summed E-state index contributed by atoms with van der Waals surface area (Å²) in [6.07, 6.45) is 11.2. The number of ketones is 1. The van der Waals surface area contributed by atoms with Crippen molar-refractivity contribution in [3.8, 4) is 11.5 Å². The van der Waals surface area contributed by atoms with E-state index in [2.05, 4.69) is 65.8 Å². The molecule has 3 unspecified atom stereocenters. The van der Waals surface area contributed by atoms with Crippen molar-refractivity contribution in [2.45, 2.75) is 96.9 Å². The van der Waals surface area contributed by atoms with Crippen molar-refractivity contribution in [3.63, 3.8) is 0 Å². The number of piperidine rings is 3. The zero-order valence-corrected chi connectivity index (χ0v) is 37.0. The number of likely N-dealkylation sites (tertiary alicyclic amines) is 3. The lowest BCUT2D eigenvalue weighted by molar-refractivity contribution is 0.0972. The molecule has 332 valence electrons. The lowest BCUT2D eigenvalue weighted by Crippen LogP contribution is -2.39. The smallest absolute Gasteiger partial charge is 0.162 e. The number of Topliss-reactive ketones (excluding diaryl/α,β-unsaturated/α-hetero) is 1. The number of nitrogens with zero attached hydrogens (tertiary/aromatic N) is 3. The van der Waals surface area contributed by atoms with Crippen LogP contribution in [0.15, 0.2) is 103 Å². The highest BCUT2D eigenvalue weighted by atomic mass is 19.1. The van der Waals surface area contributed by atoms with Gasteiger partial charge in [-0.1, -0.05) is 50.6 Å². The summed E-state index contributed by atoms with van der Waals surface area (Å²) in [6.45, 7) is 17.4. The highest BCUT2D eigenvalue weighted by molar-refractivity contribution is 5.95. The van der Waals surface area contributed by atoms with Gasteiger partial charge in [0.15, 0.2) is 5.78 Å². The maximum Gasteiger partial charge on any atom is 0.162 e. The number of hydrogen-bond donors (Lipinski definition) is 0. The van der Waals surface area contributed by atoms with Crippen LogP contribution in [0.2, 0.25) is 0 Å². The molecule has 4 aromatic rings. The molecule has 0 bridgehead atoms. The fraction of sp³-hybridized carbons (Fsp3) is 0.519. The maximum absolute atomic E-state index is 12.9. The first-order chi connectivity index (χ1) is 29.6. The van der Waals surface area contributed by atoms with Crippen molar-refractivity contribution in [2.24, 2.45) is 11.8 Å². The van der Waals surface area contributed by atoms with Gasteiger partial charge in [-0.25, -0.2) is 13.2 Å². The van der Waals surface area contributed by atoms with E-state index >= 15 is 0 Å². The van der Waals surface area contributed by atoms with Gasteiger partial charge in [0.25, 0.3) is 0 Å². The van der Waals surface area contributed by atoms with Gasteiger partial charge in [0.1, 0.15) is 29.0 Å². The number of benzene rings is 4. The van der Waals surface area contributed by atoms with Crippen molar-refractivity contribution in [1.82, 2.24) is 14.7 Å². The van der Waals surface area contributed by atoms with E-state index < -0.39 is 0 Å². The molecule has 3 heterocycles. The molecule has 3 aliphatic rings. The summed E-state index contributed by atoms with van der Waals surface area (Å²) in [5.74, 6) is 3.16. The second kappa shape index (κ2) is 26.3. The molecule has 0 spiro atoms. The second-order valence-corrected chi connectivity index (χ2v) is 17.5. The predicted octanol–water partition coefficient (Wildman–Crippen LogP) is 11.7. The lowest BCUT2D eigenvalue weighted by Gasteiger charge is -2.34. The summed E-state index contributed by atoms with van der Waals surface area (Å²) >= 11 is 0. The first-order valence-electron chi connectivity index (χ1n) is 22.9. The minimum Gasteiger partial charge on any atom is -0.494 e. The summed E-state index contributed by atoms with van der Waals surface area (Å²) in [7, 11) is 0. The quantitative estimate of drug-likeness (QED) is 0.0827. The van der Waals surface area contributed by atoms with Crippen LogP contribution in [0.1, 0.15) is 107 Å². The van der Waals surface area contributed by atoms with Gasteiger partial charge in [0.2, 0.25) is 0 Å². The third-order valence-electron chi connectivity index (χ3n) is 12.2. The minimum absolute atomic E-state index is 0.106. The molecule has 0 saturated carbocycles. The summed E-state index contributed by atoms with van der Waals surface area (Å²) in [5, 5.41) is 0. The number of carbonyl (C=O) groups excluding carboxylic acids is 1. The molecule has 3 fully saturated rings. The van der Waals surface area contributed by atoms with Gasteiger partial charge in [-0.2, -0.15) is 0 Å². The zero-order valence-electron chi connectivity index (χ0n) is 37.0. The molecule has 0 radical (unpaired) electrons. The van der Waals surface area contributed by atoms with Crippen molar-refractivity contribution < 1.29 is 27.4 Å². The van der Waals surface area contributed by atoms with Crippen molar-refractivity contribution in [3.05, 3.63) is 132 Å². The fourth-order valence-electron chi connectivity index (χ4n) is 8.92. The van der Waals surface area contributed by atoms with E-state index in [1.165, 1.54) is 100 Å². The van der Waals surface area contributed by atoms with E-state index in [1.807, 2.05) is 0 Å². The molecule has 9 heteroatoms. The summed E-state index contributed by atoms with van der Waals surface area (Å²) in [5.41, 5.74) is 2.06. The van der Waals surface area contributed by atoms with Crippen LogP contribution in [0.25, 0.3) is 0 Å². The molecule has 0 aliphatic carbocycles. The average Bonchev–Trinajstić information content (AvgIpc) is 3.27. The van der Waals surface area contributed by atoms with E-state index in [4.69, 9.17) is 9.47 Å². The number of rotatable bonds is 16. The molecule has 6 nitrogen and oxygen atoms in total. The SMILES string of the molecule is CC1CC(C)CN(CCCOc2ccc(F)cc2)C1.CC1CCCCN1CCCOc1ccc(F)cc1.O=C(CCCN1CCC(c2ccccc2)CC1)c1ccc(F)cc1. The molecule has 0 aromatic heterocycles. The van der Waals surface area contributed by atoms with Crippen LogP contribution in [0.5, 0.6) is 11.5 Å². The standard InChI is InChI=1S/C21H24FNO.C16H24FNO.C15H22FNO/c22-20-10-8-19(9-11-20)21(24)7-4-14-23-15-12-18(13-16-23)17-5-2-1-3-6-17;1-13-10-14(2)12-18(11-13)8-3-9-19-16-6-4-15(17)5-7-16;1-13-5-2-3-10-17(13)11-4-12-18-15-8-6-14(16)7-9-15/h1-3,5-6,8-11,18H,4,7,12-16H2;4-7,13-14H,3,8-12H2,1-2H3;6-9,13H,2-5,10-12H2,1H3. The van der Waals surface area contributed by atoms with E-state index in [0.717, 1.165) is 75.3 Å². The van der Waals surface area contributed by atoms with Gasteiger partial charge in [0, 0.05) is 44.2 Å². The summed E-state index contributed by atoms with van der Waals surface area (Å²) < 4.78 is 49.5. The molecular weight excluding hydrogens is 772 g/mol. The Hall–Kier alpha value is -4.18. The van der Waals surface area contributed by atoms with E-state index in [-0.39, 0.29) is 23.2 Å². The molecule has 3 aliphatic heterocycles.